The Balaban J connectivity index is 2.62. The van der Waals surface area contributed by atoms with Crippen LogP contribution in [-0.4, -0.2) is 10.2 Å². The molecule has 0 aromatic rings. The van der Waals surface area contributed by atoms with Crippen LogP contribution in [-0.2, 0) is 0 Å². The van der Waals surface area contributed by atoms with Crippen molar-refractivity contribution in [2.45, 2.75) is 46.0 Å². The first kappa shape index (κ1) is 13.9. The largest absolute Gasteiger partial charge is 0.516 e. The molecular formula is C15H24O2. The molecule has 0 spiro atoms. The summed E-state index contributed by atoms with van der Waals surface area (Å²) in [6, 6.07) is 0. The molecule has 17 heavy (non-hydrogen) atoms. The average Bonchev–Trinajstić information content (AvgIpc) is 2.26. The predicted octanol–water partition coefficient (Wildman–Crippen LogP) is 4.66. The zero-order valence-electron chi connectivity index (χ0n) is 10.9. The van der Waals surface area contributed by atoms with Gasteiger partial charge in [0.2, 0.25) is 0 Å². The normalized spacial score (nSPS) is 25.4. The standard InChI is InChI=1S/C15H24O2/c1-12-5-4-9-15(2,3)14(12)7-6-13(11-17)8-10-16/h8,10-11,14,16-17H,1,4-7,9H2,2-3H3. The van der Waals surface area contributed by atoms with Crippen molar-refractivity contribution in [3.63, 3.8) is 0 Å². The highest BCUT2D eigenvalue weighted by Crippen LogP contribution is 2.45. The Morgan fingerprint density at radius 2 is 2.18 bits per heavy atom. The minimum atomic E-state index is 0.304. The number of aliphatic hydroxyl groups excluding tert-OH is 2. The van der Waals surface area contributed by atoms with Crippen LogP contribution in [0, 0.1) is 11.3 Å². The summed E-state index contributed by atoms with van der Waals surface area (Å²) in [6.45, 7) is 8.79. The lowest BCUT2D eigenvalue weighted by atomic mass is 9.65. The van der Waals surface area contributed by atoms with Gasteiger partial charge in [-0.3, -0.25) is 0 Å². The van der Waals surface area contributed by atoms with Crippen LogP contribution < -0.4 is 0 Å². The van der Waals surface area contributed by atoms with Crippen LogP contribution in [0.3, 0.4) is 0 Å². The topological polar surface area (TPSA) is 40.5 Å². The van der Waals surface area contributed by atoms with Gasteiger partial charge in [-0.1, -0.05) is 26.0 Å². The average molecular weight is 236 g/mol. The first-order valence-corrected chi connectivity index (χ1v) is 6.33. The van der Waals surface area contributed by atoms with Crippen molar-refractivity contribution in [2.24, 2.45) is 11.3 Å². The number of rotatable bonds is 4. The van der Waals surface area contributed by atoms with Crippen molar-refractivity contribution in [1.82, 2.24) is 0 Å². The Labute approximate surface area is 104 Å². The van der Waals surface area contributed by atoms with Gasteiger partial charge >= 0.3 is 0 Å². The monoisotopic (exact) mass is 236 g/mol. The maximum Gasteiger partial charge on any atom is 0.0824 e. The minimum absolute atomic E-state index is 0.304. The van der Waals surface area contributed by atoms with Gasteiger partial charge in [0.25, 0.3) is 0 Å². The molecule has 0 aliphatic heterocycles. The third kappa shape index (κ3) is 3.65. The molecule has 1 rings (SSSR count). The zero-order chi connectivity index (χ0) is 12.9. The molecule has 2 heteroatoms. The first-order valence-electron chi connectivity index (χ1n) is 6.33. The molecule has 1 aliphatic rings. The summed E-state index contributed by atoms with van der Waals surface area (Å²) in [7, 11) is 0. The van der Waals surface area contributed by atoms with Crippen LogP contribution in [0.25, 0.3) is 0 Å². The summed E-state index contributed by atoms with van der Waals surface area (Å²) >= 11 is 0. The molecule has 2 nitrogen and oxygen atoms in total. The van der Waals surface area contributed by atoms with Crippen LogP contribution in [0.1, 0.15) is 46.0 Å². The SMILES string of the molecule is C=C1CCCC(C)(C)C1CCC(C=CO)=CO. The first-order chi connectivity index (χ1) is 8.01. The maximum absolute atomic E-state index is 9.04. The molecular weight excluding hydrogens is 212 g/mol. The van der Waals surface area contributed by atoms with E-state index in [0.717, 1.165) is 37.4 Å². The van der Waals surface area contributed by atoms with E-state index < -0.39 is 0 Å². The Bertz CT molecular complexity index is 324. The van der Waals surface area contributed by atoms with Gasteiger partial charge in [0.15, 0.2) is 0 Å². The summed E-state index contributed by atoms with van der Waals surface area (Å²) < 4.78 is 0. The van der Waals surface area contributed by atoms with E-state index >= 15 is 0 Å². The molecule has 0 aromatic heterocycles. The molecule has 1 unspecified atom stereocenters. The zero-order valence-corrected chi connectivity index (χ0v) is 10.9. The van der Waals surface area contributed by atoms with Gasteiger partial charge in [0.1, 0.15) is 0 Å². The molecule has 96 valence electrons. The van der Waals surface area contributed by atoms with E-state index in [9.17, 15) is 0 Å². The lowest BCUT2D eigenvalue weighted by Gasteiger charge is -2.40. The Morgan fingerprint density at radius 1 is 1.47 bits per heavy atom. The number of hydrogen-bond donors (Lipinski definition) is 2. The summed E-state index contributed by atoms with van der Waals surface area (Å²) in [6.07, 6.45) is 8.96. The fourth-order valence-corrected chi connectivity index (χ4v) is 2.86. The van der Waals surface area contributed by atoms with Gasteiger partial charge in [-0.2, -0.15) is 0 Å². The van der Waals surface area contributed by atoms with Gasteiger partial charge < -0.3 is 10.2 Å². The van der Waals surface area contributed by atoms with Gasteiger partial charge in [-0.15, -0.1) is 0 Å². The van der Waals surface area contributed by atoms with Crippen LogP contribution in [0.2, 0.25) is 0 Å². The second-order valence-electron chi connectivity index (χ2n) is 5.61. The van der Waals surface area contributed by atoms with Gasteiger partial charge in [0, 0.05) is 0 Å². The van der Waals surface area contributed by atoms with Gasteiger partial charge in [0.05, 0.1) is 12.5 Å². The predicted molar refractivity (Wildman–Crippen MR) is 72.0 cm³/mol. The van der Waals surface area contributed by atoms with Crippen LogP contribution in [0.4, 0.5) is 0 Å². The Kier molecular flexibility index (Phi) is 4.86. The number of aliphatic hydroxyl groups is 2. The van der Waals surface area contributed by atoms with E-state index in [0.29, 0.717) is 11.3 Å². The molecule has 1 atom stereocenters. The highest BCUT2D eigenvalue weighted by molar-refractivity contribution is 5.16. The van der Waals surface area contributed by atoms with E-state index in [1.807, 2.05) is 0 Å². The van der Waals surface area contributed by atoms with Gasteiger partial charge in [-0.05, 0) is 55.1 Å². The van der Waals surface area contributed by atoms with Crippen molar-refractivity contribution in [3.8, 4) is 0 Å². The minimum Gasteiger partial charge on any atom is -0.516 e. The molecule has 0 amide bonds. The molecule has 0 heterocycles. The van der Waals surface area contributed by atoms with Crippen LogP contribution >= 0.6 is 0 Å². The highest BCUT2D eigenvalue weighted by Gasteiger charge is 2.33. The fraction of sp³-hybridized carbons (Fsp3) is 0.600. The molecule has 0 aromatic carbocycles. The molecule has 0 saturated heterocycles. The third-order valence-electron chi connectivity index (χ3n) is 3.93. The molecule has 0 bridgehead atoms. The van der Waals surface area contributed by atoms with Crippen molar-refractivity contribution in [1.29, 1.82) is 0 Å². The van der Waals surface area contributed by atoms with E-state index in [2.05, 4.69) is 20.4 Å². The van der Waals surface area contributed by atoms with E-state index in [1.165, 1.54) is 18.4 Å². The van der Waals surface area contributed by atoms with Crippen molar-refractivity contribution in [2.75, 3.05) is 0 Å². The van der Waals surface area contributed by atoms with Crippen molar-refractivity contribution in [3.05, 3.63) is 36.3 Å². The smallest absolute Gasteiger partial charge is 0.0824 e. The van der Waals surface area contributed by atoms with Crippen LogP contribution in [0.5, 0.6) is 0 Å². The van der Waals surface area contributed by atoms with Crippen molar-refractivity contribution >= 4 is 0 Å². The summed E-state index contributed by atoms with van der Waals surface area (Å²) in [4.78, 5) is 0. The van der Waals surface area contributed by atoms with Gasteiger partial charge in [-0.25, -0.2) is 0 Å². The lowest BCUT2D eigenvalue weighted by molar-refractivity contribution is 0.180. The second-order valence-corrected chi connectivity index (χ2v) is 5.61. The summed E-state index contributed by atoms with van der Waals surface area (Å²) in [5.74, 6) is 0.512. The van der Waals surface area contributed by atoms with E-state index in [4.69, 9.17) is 10.2 Å². The molecule has 1 fully saturated rings. The quantitative estimate of drug-likeness (QED) is 0.423. The summed E-state index contributed by atoms with van der Waals surface area (Å²) in [5, 5.41) is 17.7. The third-order valence-corrected chi connectivity index (χ3v) is 3.93. The molecule has 1 saturated carbocycles. The molecule has 2 N–H and O–H groups in total. The van der Waals surface area contributed by atoms with E-state index in [-0.39, 0.29) is 0 Å². The van der Waals surface area contributed by atoms with E-state index in [1.54, 1.807) is 6.08 Å². The summed E-state index contributed by atoms with van der Waals surface area (Å²) in [5.41, 5.74) is 2.41. The molecule has 1 aliphatic carbocycles. The molecule has 0 radical (unpaired) electrons. The number of hydrogen-bond acceptors (Lipinski definition) is 2. The Morgan fingerprint density at radius 3 is 2.71 bits per heavy atom. The fourth-order valence-electron chi connectivity index (χ4n) is 2.86. The maximum atomic E-state index is 9.04. The Hall–Kier alpha value is -1.18. The van der Waals surface area contributed by atoms with Crippen LogP contribution in [0.15, 0.2) is 36.3 Å². The highest BCUT2D eigenvalue weighted by atomic mass is 16.2. The lowest BCUT2D eigenvalue weighted by Crippen LogP contribution is -2.29. The number of allylic oxidation sites excluding steroid dienone is 3. The second kappa shape index (κ2) is 5.95. The van der Waals surface area contributed by atoms with Crippen molar-refractivity contribution < 1.29 is 10.2 Å².